The molecule has 0 aliphatic carbocycles. The Labute approximate surface area is 123 Å². The van der Waals surface area contributed by atoms with Gasteiger partial charge in [0.25, 0.3) is 0 Å². The van der Waals surface area contributed by atoms with E-state index in [1.807, 2.05) is 0 Å². The highest BCUT2D eigenvalue weighted by Gasteiger charge is 2.08. The minimum Gasteiger partial charge on any atom is -0.508 e. The Morgan fingerprint density at radius 3 is 2.57 bits per heavy atom. The van der Waals surface area contributed by atoms with Crippen LogP contribution in [-0.4, -0.2) is 47.4 Å². The lowest BCUT2D eigenvalue weighted by molar-refractivity contribution is -0.157. The molecule has 3 N–H and O–H groups in total. The van der Waals surface area contributed by atoms with E-state index in [1.54, 1.807) is 18.2 Å². The summed E-state index contributed by atoms with van der Waals surface area (Å²) in [6.07, 6.45) is 3.36. The maximum absolute atomic E-state index is 11.4. The van der Waals surface area contributed by atoms with Gasteiger partial charge in [0.05, 0.1) is 12.7 Å². The number of aromatic hydroxyl groups is 1. The summed E-state index contributed by atoms with van der Waals surface area (Å²) in [6, 6.07) is 6.35. The van der Waals surface area contributed by atoms with Crippen LogP contribution in [0.25, 0.3) is 6.08 Å². The first-order valence-corrected chi connectivity index (χ1v) is 6.63. The number of aliphatic hydroxyl groups excluding tert-OH is 2. The molecule has 6 heteroatoms. The first-order valence-electron chi connectivity index (χ1n) is 6.63. The Kier molecular flexibility index (Phi) is 8.11. The Hall–Kier alpha value is -1.89. The van der Waals surface area contributed by atoms with Crippen molar-refractivity contribution < 1.29 is 29.6 Å². The lowest BCUT2D eigenvalue weighted by atomic mass is 10.2. The summed E-state index contributed by atoms with van der Waals surface area (Å²) in [7, 11) is 0. The average Bonchev–Trinajstić information content (AvgIpc) is 2.50. The van der Waals surface area contributed by atoms with Crippen LogP contribution < -0.4 is 0 Å². The van der Waals surface area contributed by atoms with E-state index in [1.165, 1.54) is 18.2 Å². The zero-order chi connectivity index (χ0) is 15.5. The molecule has 0 saturated heterocycles. The lowest BCUT2D eigenvalue weighted by Crippen LogP contribution is -2.20. The quantitative estimate of drug-likeness (QED) is 0.358. The van der Waals surface area contributed by atoms with Crippen LogP contribution in [0.15, 0.2) is 30.3 Å². The van der Waals surface area contributed by atoms with Crippen molar-refractivity contribution in [2.24, 2.45) is 0 Å². The highest BCUT2D eigenvalue weighted by Crippen LogP contribution is 2.10. The minimum atomic E-state index is -0.568. The van der Waals surface area contributed by atoms with Gasteiger partial charge in [-0.05, 0) is 36.6 Å². The number of esters is 1. The topological polar surface area (TPSA) is 96.2 Å². The number of benzene rings is 1. The second-order valence-electron chi connectivity index (χ2n) is 4.34. The predicted molar refractivity (Wildman–Crippen MR) is 76.4 cm³/mol. The number of rotatable bonds is 9. The molecule has 1 unspecified atom stereocenters. The molecule has 0 fully saturated rings. The minimum absolute atomic E-state index is 0.0228. The number of aliphatic hydroxyl groups is 2. The van der Waals surface area contributed by atoms with Crippen LogP contribution in [0.1, 0.15) is 18.4 Å². The SMILES string of the molecule is O=C(/C=C/c1ccc(O)cc1)OCOC(CO)CCCO. The van der Waals surface area contributed by atoms with Crippen molar-refractivity contribution in [3.8, 4) is 5.75 Å². The van der Waals surface area contributed by atoms with E-state index >= 15 is 0 Å². The number of carbonyl (C=O) groups is 1. The zero-order valence-electron chi connectivity index (χ0n) is 11.6. The van der Waals surface area contributed by atoms with Crippen LogP contribution in [-0.2, 0) is 14.3 Å². The van der Waals surface area contributed by atoms with Crippen LogP contribution in [0.3, 0.4) is 0 Å². The number of carbonyl (C=O) groups excluding carboxylic acids is 1. The fourth-order valence-corrected chi connectivity index (χ4v) is 1.53. The molecule has 1 aromatic carbocycles. The third-order valence-electron chi connectivity index (χ3n) is 2.70. The van der Waals surface area contributed by atoms with Crippen molar-refractivity contribution in [2.45, 2.75) is 18.9 Å². The fourth-order valence-electron chi connectivity index (χ4n) is 1.53. The van der Waals surface area contributed by atoms with Gasteiger partial charge in [-0.15, -0.1) is 0 Å². The number of phenolic OH excluding ortho intramolecular Hbond substituents is 1. The van der Waals surface area contributed by atoms with Crippen molar-refractivity contribution in [2.75, 3.05) is 20.0 Å². The Bertz CT molecular complexity index is 440. The van der Waals surface area contributed by atoms with Crippen molar-refractivity contribution >= 4 is 12.0 Å². The van der Waals surface area contributed by atoms with E-state index < -0.39 is 12.1 Å². The monoisotopic (exact) mass is 296 g/mol. The van der Waals surface area contributed by atoms with Gasteiger partial charge in [0.1, 0.15) is 5.75 Å². The molecule has 0 aromatic heterocycles. The molecule has 1 atom stereocenters. The van der Waals surface area contributed by atoms with Gasteiger partial charge >= 0.3 is 5.97 Å². The molecular formula is C15H20O6. The van der Waals surface area contributed by atoms with Gasteiger partial charge in [0.2, 0.25) is 0 Å². The van der Waals surface area contributed by atoms with E-state index in [4.69, 9.17) is 24.8 Å². The second kappa shape index (κ2) is 9.93. The molecule has 1 rings (SSSR count). The van der Waals surface area contributed by atoms with Crippen molar-refractivity contribution in [3.63, 3.8) is 0 Å². The average molecular weight is 296 g/mol. The van der Waals surface area contributed by atoms with Gasteiger partial charge in [-0.2, -0.15) is 0 Å². The molecule has 6 nitrogen and oxygen atoms in total. The van der Waals surface area contributed by atoms with Gasteiger partial charge < -0.3 is 24.8 Å². The van der Waals surface area contributed by atoms with E-state index in [2.05, 4.69) is 0 Å². The molecule has 116 valence electrons. The molecule has 0 aliphatic rings. The van der Waals surface area contributed by atoms with Gasteiger partial charge in [0.15, 0.2) is 6.79 Å². The number of hydrogen-bond donors (Lipinski definition) is 3. The smallest absolute Gasteiger partial charge is 0.332 e. The maximum atomic E-state index is 11.4. The zero-order valence-corrected chi connectivity index (χ0v) is 11.6. The summed E-state index contributed by atoms with van der Waals surface area (Å²) >= 11 is 0. The first kappa shape index (κ1) is 17.2. The Morgan fingerprint density at radius 2 is 1.95 bits per heavy atom. The normalized spacial score (nSPS) is 12.5. The fraction of sp³-hybridized carbons (Fsp3) is 0.400. The van der Waals surface area contributed by atoms with Crippen LogP contribution in [0.4, 0.5) is 0 Å². The van der Waals surface area contributed by atoms with Gasteiger partial charge in [-0.3, -0.25) is 0 Å². The maximum Gasteiger partial charge on any atom is 0.332 e. The highest BCUT2D eigenvalue weighted by atomic mass is 16.7. The van der Waals surface area contributed by atoms with E-state index in [0.717, 1.165) is 5.56 Å². The number of hydrogen-bond acceptors (Lipinski definition) is 6. The largest absolute Gasteiger partial charge is 0.508 e. The van der Waals surface area contributed by atoms with E-state index in [-0.39, 0.29) is 25.8 Å². The summed E-state index contributed by atoms with van der Waals surface area (Å²) in [4.78, 5) is 11.4. The third kappa shape index (κ3) is 7.45. The molecule has 0 bridgehead atoms. The summed E-state index contributed by atoms with van der Waals surface area (Å²) in [5.74, 6) is -0.414. The molecule has 0 amide bonds. The van der Waals surface area contributed by atoms with E-state index in [9.17, 15) is 4.79 Å². The van der Waals surface area contributed by atoms with Gasteiger partial charge in [-0.1, -0.05) is 12.1 Å². The molecular weight excluding hydrogens is 276 g/mol. The molecule has 0 aliphatic heterocycles. The van der Waals surface area contributed by atoms with Crippen molar-refractivity contribution in [1.82, 2.24) is 0 Å². The third-order valence-corrected chi connectivity index (χ3v) is 2.70. The van der Waals surface area contributed by atoms with Crippen LogP contribution in [0.5, 0.6) is 5.75 Å². The number of ether oxygens (including phenoxy) is 2. The van der Waals surface area contributed by atoms with Gasteiger partial charge in [-0.25, -0.2) is 4.79 Å². The van der Waals surface area contributed by atoms with Crippen LogP contribution >= 0.6 is 0 Å². The highest BCUT2D eigenvalue weighted by molar-refractivity contribution is 5.86. The van der Waals surface area contributed by atoms with Crippen LogP contribution in [0, 0.1) is 0 Å². The van der Waals surface area contributed by atoms with Crippen LogP contribution in [0.2, 0.25) is 0 Å². The summed E-state index contributed by atoms with van der Waals surface area (Å²) < 4.78 is 9.99. The summed E-state index contributed by atoms with van der Waals surface area (Å²) in [5.41, 5.74) is 0.752. The van der Waals surface area contributed by atoms with Crippen molar-refractivity contribution in [1.29, 1.82) is 0 Å². The lowest BCUT2D eigenvalue weighted by Gasteiger charge is -2.14. The molecule has 0 radical (unpaired) electrons. The molecule has 0 saturated carbocycles. The molecule has 21 heavy (non-hydrogen) atoms. The Balaban J connectivity index is 2.28. The predicted octanol–water partition coefficient (Wildman–Crippen LogP) is 1.06. The van der Waals surface area contributed by atoms with Crippen molar-refractivity contribution in [3.05, 3.63) is 35.9 Å². The molecule has 0 heterocycles. The number of phenols is 1. The van der Waals surface area contributed by atoms with Gasteiger partial charge in [0, 0.05) is 12.7 Å². The molecule has 0 spiro atoms. The second-order valence-corrected chi connectivity index (χ2v) is 4.34. The summed E-state index contributed by atoms with van der Waals surface area (Å²) in [6.45, 7) is -0.425. The first-order chi connectivity index (χ1) is 10.2. The standard InChI is InChI=1S/C15H20O6/c16-9-1-2-14(10-17)20-11-21-15(19)8-5-12-3-6-13(18)7-4-12/h3-8,14,16-18H,1-2,9-11H2/b8-5+. The summed E-state index contributed by atoms with van der Waals surface area (Å²) in [5, 5.41) is 26.8. The Morgan fingerprint density at radius 1 is 1.24 bits per heavy atom. The molecule has 1 aromatic rings. The van der Waals surface area contributed by atoms with E-state index in [0.29, 0.717) is 12.8 Å².